The lowest BCUT2D eigenvalue weighted by Gasteiger charge is -2.07. The molecule has 2 rings (SSSR count). The van der Waals surface area contributed by atoms with Crippen molar-refractivity contribution in [1.82, 2.24) is 0 Å². The second kappa shape index (κ2) is 6.20. The summed E-state index contributed by atoms with van der Waals surface area (Å²) in [5.41, 5.74) is 1.95. The van der Waals surface area contributed by atoms with Crippen molar-refractivity contribution in [2.45, 2.75) is 6.42 Å². The number of halogens is 1. The zero-order chi connectivity index (χ0) is 13.7. The normalized spacial score (nSPS) is 10.2. The van der Waals surface area contributed by atoms with E-state index in [1.165, 1.54) is 11.6 Å². The summed E-state index contributed by atoms with van der Waals surface area (Å²) >= 11 is 5.84. The molecule has 0 saturated carbocycles. The fraction of sp³-hybridized carbons (Fsp3) is 0.143. The molecule has 2 aromatic carbocycles. The first-order valence-electron chi connectivity index (χ1n) is 5.88. The summed E-state index contributed by atoms with van der Waals surface area (Å²) in [6.07, 6.45) is 0.884. The van der Waals surface area contributed by atoms with Gasteiger partial charge in [0.15, 0.2) is 0 Å². The number of nitrogens with zero attached hydrogens (tertiary/aromatic N) is 1. The van der Waals surface area contributed by atoms with Crippen LogP contribution in [0, 0.1) is 10.1 Å². The molecule has 0 aromatic heterocycles. The van der Waals surface area contributed by atoms with E-state index >= 15 is 0 Å². The van der Waals surface area contributed by atoms with E-state index in [4.69, 9.17) is 11.6 Å². The third kappa shape index (κ3) is 3.69. The molecular formula is C14H13ClN2O2. The molecule has 5 heteroatoms. The van der Waals surface area contributed by atoms with Gasteiger partial charge in [-0.25, -0.2) is 0 Å². The Balaban J connectivity index is 1.93. The molecule has 0 bridgehead atoms. The molecule has 19 heavy (non-hydrogen) atoms. The summed E-state index contributed by atoms with van der Waals surface area (Å²) in [4.78, 5) is 10.1. The number of benzene rings is 2. The lowest BCUT2D eigenvalue weighted by molar-refractivity contribution is -0.384. The first-order valence-corrected chi connectivity index (χ1v) is 6.26. The molecule has 2 aromatic rings. The Morgan fingerprint density at radius 2 is 1.89 bits per heavy atom. The van der Waals surface area contributed by atoms with Crippen molar-refractivity contribution >= 4 is 23.0 Å². The molecule has 0 saturated heterocycles. The predicted molar refractivity (Wildman–Crippen MR) is 76.7 cm³/mol. The van der Waals surface area contributed by atoms with Gasteiger partial charge in [0, 0.05) is 18.3 Å². The lowest BCUT2D eigenvalue weighted by Crippen LogP contribution is -2.04. The minimum atomic E-state index is -0.490. The first kappa shape index (κ1) is 13.4. The Hall–Kier alpha value is -2.07. The summed E-state index contributed by atoms with van der Waals surface area (Å²) in [7, 11) is 0. The lowest BCUT2D eigenvalue weighted by atomic mass is 10.1. The summed E-state index contributed by atoms with van der Waals surface area (Å²) in [5, 5.41) is 14.0. The molecule has 0 fully saturated rings. The second-order valence-corrected chi connectivity index (χ2v) is 4.49. The number of rotatable bonds is 5. The van der Waals surface area contributed by atoms with Gasteiger partial charge in [0.05, 0.1) is 4.92 Å². The van der Waals surface area contributed by atoms with Crippen LogP contribution in [-0.2, 0) is 6.42 Å². The fourth-order valence-corrected chi connectivity index (χ4v) is 2.01. The van der Waals surface area contributed by atoms with Crippen LogP contribution in [0.15, 0.2) is 48.5 Å². The third-order valence-corrected chi connectivity index (χ3v) is 3.03. The van der Waals surface area contributed by atoms with Crippen molar-refractivity contribution in [3.8, 4) is 0 Å². The molecule has 0 unspecified atom stereocenters. The summed E-state index contributed by atoms with van der Waals surface area (Å²) in [6.45, 7) is 0.748. The van der Waals surface area contributed by atoms with Crippen molar-refractivity contribution < 1.29 is 4.92 Å². The Bertz CT molecular complexity index is 573. The van der Waals surface area contributed by atoms with Gasteiger partial charge in [-0.2, -0.15) is 0 Å². The summed E-state index contributed by atoms with van der Waals surface area (Å²) < 4.78 is 0. The molecule has 1 N–H and O–H groups in total. The molecule has 0 aliphatic carbocycles. The van der Waals surface area contributed by atoms with E-state index in [0.29, 0.717) is 0 Å². The van der Waals surface area contributed by atoms with Crippen molar-refractivity contribution in [3.63, 3.8) is 0 Å². The van der Waals surface area contributed by atoms with E-state index in [2.05, 4.69) is 17.4 Å². The average molecular weight is 277 g/mol. The van der Waals surface area contributed by atoms with Crippen molar-refractivity contribution in [2.24, 2.45) is 0 Å². The van der Waals surface area contributed by atoms with E-state index in [1.807, 2.05) is 18.2 Å². The topological polar surface area (TPSA) is 55.2 Å². The maximum atomic E-state index is 10.6. The maximum Gasteiger partial charge on any atom is 0.288 e. The minimum Gasteiger partial charge on any atom is -0.385 e. The summed E-state index contributed by atoms with van der Waals surface area (Å²) in [6, 6.07) is 14.7. The molecule has 4 nitrogen and oxygen atoms in total. The van der Waals surface area contributed by atoms with Crippen LogP contribution < -0.4 is 5.32 Å². The average Bonchev–Trinajstić information content (AvgIpc) is 2.39. The van der Waals surface area contributed by atoms with E-state index in [9.17, 15) is 10.1 Å². The molecule has 0 heterocycles. The Morgan fingerprint density at radius 1 is 1.16 bits per heavy atom. The van der Waals surface area contributed by atoms with Gasteiger partial charge < -0.3 is 5.32 Å². The molecule has 98 valence electrons. The number of anilines is 1. The summed E-state index contributed by atoms with van der Waals surface area (Å²) in [5.74, 6) is 0. The number of nitro benzene ring substituents is 1. The highest BCUT2D eigenvalue weighted by Gasteiger charge is 2.11. The van der Waals surface area contributed by atoms with E-state index < -0.39 is 4.92 Å². The molecule has 0 atom stereocenters. The SMILES string of the molecule is O=[N+]([O-])c1ccc(NCCc2ccccc2)cc1Cl. The highest BCUT2D eigenvalue weighted by atomic mass is 35.5. The number of hydrogen-bond acceptors (Lipinski definition) is 3. The third-order valence-electron chi connectivity index (χ3n) is 2.73. The number of nitro groups is 1. The van der Waals surface area contributed by atoms with Crippen LogP contribution >= 0.6 is 11.6 Å². The van der Waals surface area contributed by atoms with Gasteiger partial charge in [-0.05, 0) is 24.1 Å². The minimum absolute atomic E-state index is 0.0738. The zero-order valence-electron chi connectivity index (χ0n) is 10.2. The van der Waals surface area contributed by atoms with Gasteiger partial charge in [-0.1, -0.05) is 41.9 Å². The highest BCUT2D eigenvalue weighted by Crippen LogP contribution is 2.27. The Labute approximate surface area is 116 Å². The Kier molecular flexibility index (Phi) is 4.36. The van der Waals surface area contributed by atoms with Crippen LogP contribution in [0.3, 0.4) is 0 Å². The van der Waals surface area contributed by atoms with Gasteiger partial charge in [0.25, 0.3) is 5.69 Å². The van der Waals surface area contributed by atoms with Crippen LogP contribution in [0.25, 0.3) is 0 Å². The fourth-order valence-electron chi connectivity index (χ4n) is 1.76. The quantitative estimate of drug-likeness (QED) is 0.665. The predicted octanol–water partition coefficient (Wildman–Crippen LogP) is 3.90. The van der Waals surface area contributed by atoms with Crippen LogP contribution in [0.1, 0.15) is 5.56 Å². The number of hydrogen-bond donors (Lipinski definition) is 1. The van der Waals surface area contributed by atoms with Crippen molar-refractivity contribution in [2.75, 3.05) is 11.9 Å². The molecular weight excluding hydrogens is 264 g/mol. The molecule has 0 spiro atoms. The van der Waals surface area contributed by atoms with E-state index in [0.717, 1.165) is 18.7 Å². The van der Waals surface area contributed by atoms with Crippen molar-refractivity contribution in [3.05, 3.63) is 69.2 Å². The number of nitrogens with one attached hydrogen (secondary N) is 1. The van der Waals surface area contributed by atoms with Crippen LogP contribution in [0.5, 0.6) is 0 Å². The van der Waals surface area contributed by atoms with Crippen LogP contribution in [0.2, 0.25) is 5.02 Å². The zero-order valence-corrected chi connectivity index (χ0v) is 10.9. The van der Waals surface area contributed by atoms with Crippen LogP contribution in [-0.4, -0.2) is 11.5 Å². The molecule has 0 aliphatic rings. The molecule has 0 aliphatic heterocycles. The van der Waals surface area contributed by atoms with Crippen LogP contribution in [0.4, 0.5) is 11.4 Å². The van der Waals surface area contributed by atoms with Gasteiger partial charge in [-0.15, -0.1) is 0 Å². The smallest absolute Gasteiger partial charge is 0.288 e. The van der Waals surface area contributed by atoms with Crippen molar-refractivity contribution in [1.29, 1.82) is 0 Å². The second-order valence-electron chi connectivity index (χ2n) is 4.09. The van der Waals surface area contributed by atoms with E-state index in [-0.39, 0.29) is 10.7 Å². The van der Waals surface area contributed by atoms with Gasteiger partial charge in [0.1, 0.15) is 5.02 Å². The first-order chi connectivity index (χ1) is 9.16. The van der Waals surface area contributed by atoms with Gasteiger partial charge >= 0.3 is 0 Å². The molecule has 0 radical (unpaired) electrons. The molecule has 0 amide bonds. The maximum absolute atomic E-state index is 10.6. The van der Waals surface area contributed by atoms with E-state index in [1.54, 1.807) is 12.1 Å². The Morgan fingerprint density at radius 3 is 2.53 bits per heavy atom. The highest BCUT2D eigenvalue weighted by molar-refractivity contribution is 6.32. The van der Waals surface area contributed by atoms with Gasteiger partial charge in [0.2, 0.25) is 0 Å². The standard InChI is InChI=1S/C14H13ClN2O2/c15-13-10-12(6-7-14(13)17(18)19)16-9-8-11-4-2-1-3-5-11/h1-7,10,16H,8-9H2. The monoisotopic (exact) mass is 276 g/mol. The largest absolute Gasteiger partial charge is 0.385 e. The van der Waals surface area contributed by atoms with Gasteiger partial charge in [-0.3, -0.25) is 10.1 Å².